The van der Waals surface area contributed by atoms with Crippen molar-refractivity contribution in [3.8, 4) is 11.5 Å². The van der Waals surface area contributed by atoms with Gasteiger partial charge in [0.15, 0.2) is 6.10 Å². The van der Waals surface area contributed by atoms with Crippen LogP contribution in [0.1, 0.15) is 6.92 Å². The molecule has 1 aliphatic rings. The van der Waals surface area contributed by atoms with Gasteiger partial charge in [-0.3, -0.25) is 14.5 Å². The Morgan fingerprint density at radius 3 is 2.73 bits per heavy atom. The van der Waals surface area contributed by atoms with E-state index >= 15 is 0 Å². The lowest BCUT2D eigenvalue weighted by atomic mass is 10.2. The minimum Gasteiger partial charge on any atom is -0.495 e. The predicted octanol–water partition coefficient (Wildman–Crippen LogP) is 3.75. The van der Waals surface area contributed by atoms with Crippen LogP contribution in [0.25, 0.3) is 0 Å². The van der Waals surface area contributed by atoms with Crippen LogP contribution in [0.4, 0.5) is 11.4 Å². The summed E-state index contributed by atoms with van der Waals surface area (Å²) >= 11 is 12.1. The molecule has 1 heterocycles. The van der Waals surface area contributed by atoms with Gasteiger partial charge < -0.3 is 14.8 Å². The second kappa shape index (κ2) is 7.43. The number of methoxy groups -OCH3 is 1. The molecule has 0 saturated carbocycles. The maximum absolute atomic E-state index is 12.5. The molecule has 2 aromatic carbocycles. The highest BCUT2D eigenvalue weighted by atomic mass is 35.5. The lowest BCUT2D eigenvalue weighted by molar-refractivity contribution is -0.127. The molecule has 0 saturated heterocycles. The minimum atomic E-state index is -0.688. The van der Waals surface area contributed by atoms with Crippen molar-refractivity contribution in [2.24, 2.45) is 0 Å². The summed E-state index contributed by atoms with van der Waals surface area (Å²) in [7, 11) is 1.51. The smallest absolute Gasteiger partial charge is 0.268 e. The summed E-state index contributed by atoms with van der Waals surface area (Å²) < 4.78 is 10.6. The molecule has 6 nitrogen and oxygen atoms in total. The summed E-state index contributed by atoms with van der Waals surface area (Å²) in [4.78, 5) is 26.3. The van der Waals surface area contributed by atoms with Gasteiger partial charge in [-0.1, -0.05) is 23.2 Å². The number of carbonyl (C=O) groups is 2. The van der Waals surface area contributed by atoms with E-state index in [4.69, 9.17) is 32.7 Å². The van der Waals surface area contributed by atoms with Crippen LogP contribution in [-0.4, -0.2) is 31.6 Å². The standard InChI is InChI=1S/C18H16Cl2N2O4/c1-10-18(24)22(14-7-11(19)3-5-16(14)26-10)9-17(23)21-12-4-6-15(25-2)13(20)8-12/h3-8,10H,9H2,1-2H3,(H,21,23). The van der Waals surface area contributed by atoms with Crippen LogP contribution in [0.2, 0.25) is 10.0 Å². The Kier molecular flexibility index (Phi) is 5.25. The van der Waals surface area contributed by atoms with Crippen LogP contribution in [0.5, 0.6) is 11.5 Å². The summed E-state index contributed by atoms with van der Waals surface area (Å²) in [5.41, 5.74) is 0.962. The summed E-state index contributed by atoms with van der Waals surface area (Å²) in [5.74, 6) is 0.314. The van der Waals surface area contributed by atoms with E-state index in [9.17, 15) is 9.59 Å². The average Bonchev–Trinajstić information content (AvgIpc) is 2.60. The quantitative estimate of drug-likeness (QED) is 0.856. The number of hydrogen-bond acceptors (Lipinski definition) is 4. The van der Waals surface area contributed by atoms with Crippen molar-refractivity contribution in [2.45, 2.75) is 13.0 Å². The number of halogens is 2. The molecule has 0 spiro atoms. The molecule has 2 aromatic rings. The van der Waals surface area contributed by atoms with Crippen molar-refractivity contribution < 1.29 is 19.1 Å². The number of fused-ring (bicyclic) bond motifs is 1. The highest BCUT2D eigenvalue weighted by Crippen LogP contribution is 2.36. The first kappa shape index (κ1) is 18.4. The van der Waals surface area contributed by atoms with Gasteiger partial charge in [0.1, 0.15) is 18.0 Å². The monoisotopic (exact) mass is 394 g/mol. The third-order valence-electron chi connectivity index (χ3n) is 3.87. The number of amides is 2. The molecule has 2 amide bonds. The third kappa shape index (κ3) is 3.71. The number of ether oxygens (including phenoxy) is 2. The van der Waals surface area contributed by atoms with Crippen molar-refractivity contribution in [1.82, 2.24) is 0 Å². The number of benzene rings is 2. The van der Waals surface area contributed by atoms with Gasteiger partial charge in [0.2, 0.25) is 5.91 Å². The molecule has 8 heteroatoms. The van der Waals surface area contributed by atoms with Crippen molar-refractivity contribution in [1.29, 1.82) is 0 Å². The Morgan fingerprint density at radius 2 is 2.04 bits per heavy atom. The third-order valence-corrected chi connectivity index (χ3v) is 4.40. The van der Waals surface area contributed by atoms with Crippen LogP contribution in [0, 0.1) is 0 Å². The Bertz CT molecular complexity index is 872. The molecule has 3 rings (SSSR count). The Hall–Kier alpha value is -2.44. The molecular formula is C18H16Cl2N2O4. The van der Waals surface area contributed by atoms with Crippen LogP contribution < -0.4 is 19.7 Å². The van der Waals surface area contributed by atoms with Crippen molar-refractivity contribution in [3.05, 3.63) is 46.4 Å². The molecule has 0 aliphatic carbocycles. The molecule has 1 aliphatic heterocycles. The molecule has 1 N–H and O–H groups in total. The van der Waals surface area contributed by atoms with Crippen molar-refractivity contribution >= 4 is 46.4 Å². The van der Waals surface area contributed by atoms with Crippen molar-refractivity contribution in [3.63, 3.8) is 0 Å². The van der Waals surface area contributed by atoms with Gasteiger partial charge in [-0.2, -0.15) is 0 Å². The van der Waals surface area contributed by atoms with Crippen LogP contribution in [0.3, 0.4) is 0 Å². The largest absolute Gasteiger partial charge is 0.495 e. The van der Waals surface area contributed by atoms with E-state index in [0.29, 0.717) is 32.9 Å². The number of rotatable bonds is 4. The van der Waals surface area contributed by atoms with E-state index in [-0.39, 0.29) is 18.4 Å². The summed E-state index contributed by atoms with van der Waals surface area (Å²) in [5, 5.41) is 3.54. The minimum absolute atomic E-state index is 0.177. The van der Waals surface area contributed by atoms with Crippen LogP contribution in [-0.2, 0) is 9.59 Å². The fraction of sp³-hybridized carbons (Fsp3) is 0.222. The zero-order valence-electron chi connectivity index (χ0n) is 14.1. The zero-order chi connectivity index (χ0) is 18.8. The second-order valence-corrected chi connectivity index (χ2v) is 6.54. The average molecular weight is 395 g/mol. The Balaban J connectivity index is 1.79. The number of hydrogen-bond donors (Lipinski definition) is 1. The first-order valence-corrected chi connectivity index (χ1v) is 8.55. The maximum atomic E-state index is 12.5. The second-order valence-electron chi connectivity index (χ2n) is 5.69. The van der Waals surface area contributed by atoms with Gasteiger partial charge in [0.05, 0.1) is 17.8 Å². The van der Waals surface area contributed by atoms with E-state index in [1.165, 1.54) is 12.0 Å². The van der Waals surface area contributed by atoms with Crippen LogP contribution in [0.15, 0.2) is 36.4 Å². The van der Waals surface area contributed by atoms with E-state index in [1.54, 1.807) is 43.3 Å². The lowest BCUT2D eigenvalue weighted by Crippen LogP contribution is -2.47. The van der Waals surface area contributed by atoms with E-state index in [0.717, 1.165) is 0 Å². The fourth-order valence-electron chi connectivity index (χ4n) is 2.63. The van der Waals surface area contributed by atoms with Gasteiger partial charge in [0, 0.05) is 10.7 Å². The van der Waals surface area contributed by atoms with Gasteiger partial charge in [-0.15, -0.1) is 0 Å². The number of carbonyl (C=O) groups excluding carboxylic acids is 2. The highest BCUT2D eigenvalue weighted by Gasteiger charge is 2.32. The van der Waals surface area contributed by atoms with E-state index < -0.39 is 6.10 Å². The Morgan fingerprint density at radius 1 is 1.27 bits per heavy atom. The molecule has 0 bridgehead atoms. The molecular weight excluding hydrogens is 379 g/mol. The van der Waals surface area contributed by atoms with Gasteiger partial charge in [-0.05, 0) is 43.3 Å². The van der Waals surface area contributed by atoms with Gasteiger partial charge in [-0.25, -0.2) is 0 Å². The predicted molar refractivity (Wildman–Crippen MR) is 101 cm³/mol. The van der Waals surface area contributed by atoms with E-state index in [1.807, 2.05) is 0 Å². The molecule has 0 radical (unpaired) electrons. The molecule has 0 aromatic heterocycles. The summed E-state index contributed by atoms with van der Waals surface area (Å²) in [6.45, 7) is 1.46. The summed E-state index contributed by atoms with van der Waals surface area (Å²) in [6.07, 6.45) is -0.688. The number of nitrogens with one attached hydrogen (secondary N) is 1. The first-order chi connectivity index (χ1) is 12.4. The normalized spacial score (nSPS) is 15.9. The molecule has 1 unspecified atom stereocenters. The molecule has 1 atom stereocenters. The summed E-state index contributed by atoms with van der Waals surface area (Å²) in [6, 6.07) is 9.83. The SMILES string of the molecule is COc1ccc(NC(=O)CN2C(=O)C(C)Oc3ccc(Cl)cc32)cc1Cl. The Labute approximate surface area is 160 Å². The zero-order valence-corrected chi connectivity index (χ0v) is 15.6. The van der Waals surface area contributed by atoms with Gasteiger partial charge >= 0.3 is 0 Å². The van der Waals surface area contributed by atoms with Crippen molar-refractivity contribution in [2.75, 3.05) is 23.9 Å². The topological polar surface area (TPSA) is 67.9 Å². The molecule has 26 heavy (non-hydrogen) atoms. The first-order valence-electron chi connectivity index (χ1n) is 7.80. The van der Waals surface area contributed by atoms with Gasteiger partial charge in [0.25, 0.3) is 5.91 Å². The lowest BCUT2D eigenvalue weighted by Gasteiger charge is -2.32. The fourth-order valence-corrected chi connectivity index (χ4v) is 3.06. The number of anilines is 2. The molecule has 0 fully saturated rings. The number of nitrogens with zero attached hydrogens (tertiary/aromatic N) is 1. The molecule has 136 valence electrons. The van der Waals surface area contributed by atoms with E-state index in [2.05, 4.69) is 5.32 Å². The maximum Gasteiger partial charge on any atom is 0.268 e. The highest BCUT2D eigenvalue weighted by molar-refractivity contribution is 6.32. The van der Waals surface area contributed by atoms with Crippen LogP contribution >= 0.6 is 23.2 Å².